The molecule has 92 valence electrons. The van der Waals surface area contributed by atoms with E-state index in [1.54, 1.807) is 49.4 Å². The molecule has 2 rings (SSSR count). The van der Waals surface area contributed by atoms with Crippen LogP contribution in [0, 0.1) is 6.92 Å². The number of hydrogen-bond acceptors (Lipinski definition) is 3. The topological polar surface area (TPSA) is 63.3 Å². The van der Waals surface area contributed by atoms with Crippen LogP contribution in [0.1, 0.15) is 27.6 Å². The third kappa shape index (κ3) is 2.26. The van der Waals surface area contributed by atoms with E-state index in [1.165, 1.54) is 0 Å². The van der Waals surface area contributed by atoms with Crippen LogP contribution in [0.5, 0.6) is 0 Å². The number of ketones is 1. The van der Waals surface area contributed by atoms with Crippen molar-refractivity contribution in [3.63, 3.8) is 0 Å². The summed E-state index contributed by atoms with van der Waals surface area (Å²) in [4.78, 5) is 12.2. The first-order valence-corrected chi connectivity index (χ1v) is 5.73. The Bertz CT molecular complexity index is 564. The van der Waals surface area contributed by atoms with Gasteiger partial charge in [-0.05, 0) is 24.1 Å². The summed E-state index contributed by atoms with van der Waals surface area (Å²) < 4.78 is 0. The fraction of sp³-hybridized carbons (Fsp3) is 0.133. The summed E-state index contributed by atoms with van der Waals surface area (Å²) in [7, 11) is 0. The monoisotopic (exact) mass is 241 g/mol. The van der Waals surface area contributed by atoms with E-state index in [2.05, 4.69) is 0 Å². The molecule has 3 heteroatoms. The van der Waals surface area contributed by atoms with Gasteiger partial charge in [0.25, 0.3) is 0 Å². The second-order valence-electron chi connectivity index (χ2n) is 4.20. The lowest BCUT2D eigenvalue weighted by atomic mass is 9.96. The number of Topliss-reactive ketones (excluding diaryl/α,β-unsaturated/α-hetero) is 1. The Balaban J connectivity index is 2.35. The standard InChI is InChI=1S/C15H15NO2/c1-10-12(8-5-9-13(10)16)15(18)14(17)11-6-3-2-4-7-11/h2-9,14,17H,16H2,1H3. The second-order valence-corrected chi connectivity index (χ2v) is 4.20. The highest BCUT2D eigenvalue weighted by Crippen LogP contribution is 2.23. The number of nitrogen functional groups attached to an aromatic ring is 1. The maximum absolute atomic E-state index is 12.2. The molecule has 0 fully saturated rings. The Kier molecular flexibility index (Phi) is 3.44. The van der Waals surface area contributed by atoms with Crippen molar-refractivity contribution in [1.82, 2.24) is 0 Å². The highest BCUT2D eigenvalue weighted by molar-refractivity contribution is 6.02. The third-order valence-corrected chi connectivity index (χ3v) is 3.00. The zero-order chi connectivity index (χ0) is 13.1. The van der Waals surface area contributed by atoms with Crippen LogP contribution in [-0.4, -0.2) is 10.9 Å². The van der Waals surface area contributed by atoms with Gasteiger partial charge in [0.05, 0.1) is 0 Å². The van der Waals surface area contributed by atoms with Crippen molar-refractivity contribution in [3.05, 3.63) is 65.2 Å². The Morgan fingerprint density at radius 1 is 1.11 bits per heavy atom. The molecule has 3 N–H and O–H groups in total. The average molecular weight is 241 g/mol. The summed E-state index contributed by atoms with van der Waals surface area (Å²) in [6, 6.07) is 14.0. The fourth-order valence-electron chi connectivity index (χ4n) is 1.85. The van der Waals surface area contributed by atoms with Crippen LogP contribution in [0.3, 0.4) is 0 Å². The summed E-state index contributed by atoms with van der Waals surface area (Å²) in [5, 5.41) is 10.1. The van der Waals surface area contributed by atoms with E-state index in [0.29, 0.717) is 22.4 Å². The van der Waals surface area contributed by atoms with E-state index < -0.39 is 6.10 Å². The first-order chi connectivity index (χ1) is 8.61. The predicted molar refractivity (Wildman–Crippen MR) is 71.3 cm³/mol. The molecule has 0 spiro atoms. The van der Waals surface area contributed by atoms with E-state index in [4.69, 9.17) is 5.73 Å². The van der Waals surface area contributed by atoms with Gasteiger partial charge in [-0.3, -0.25) is 4.79 Å². The molecule has 0 bridgehead atoms. The molecule has 2 aromatic rings. The van der Waals surface area contributed by atoms with Gasteiger partial charge in [-0.2, -0.15) is 0 Å². The average Bonchev–Trinajstić information content (AvgIpc) is 2.41. The number of aliphatic hydroxyl groups is 1. The number of hydrogen-bond donors (Lipinski definition) is 2. The molecule has 0 heterocycles. The number of carbonyl (C=O) groups excluding carboxylic acids is 1. The highest BCUT2D eigenvalue weighted by atomic mass is 16.3. The number of anilines is 1. The van der Waals surface area contributed by atoms with E-state index in [0.717, 1.165) is 0 Å². The van der Waals surface area contributed by atoms with Gasteiger partial charge in [0.2, 0.25) is 0 Å². The number of benzene rings is 2. The molecule has 0 saturated heterocycles. The summed E-state index contributed by atoms with van der Waals surface area (Å²) in [5.74, 6) is -0.328. The molecular formula is C15H15NO2. The lowest BCUT2D eigenvalue weighted by Crippen LogP contribution is -2.14. The van der Waals surface area contributed by atoms with Gasteiger partial charge < -0.3 is 10.8 Å². The van der Waals surface area contributed by atoms with E-state index in [1.807, 2.05) is 6.07 Å². The van der Waals surface area contributed by atoms with Crippen LogP contribution in [0.2, 0.25) is 0 Å². The van der Waals surface area contributed by atoms with E-state index >= 15 is 0 Å². The molecule has 0 aliphatic rings. The second kappa shape index (κ2) is 5.02. The van der Waals surface area contributed by atoms with Crippen LogP contribution in [0.4, 0.5) is 5.69 Å². The molecule has 0 saturated carbocycles. The molecule has 0 radical (unpaired) electrons. The molecule has 0 aromatic heterocycles. The maximum atomic E-state index is 12.2. The molecule has 18 heavy (non-hydrogen) atoms. The zero-order valence-corrected chi connectivity index (χ0v) is 10.1. The molecule has 1 atom stereocenters. The Morgan fingerprint density at radius 2 is 1.78 bits per heavy atom. The summed E-state index contributed by atoms with van der Waals surface area (Å²) in [6.45, 7) is 1.78. The van der Waals surface area contributed by atoms with Crippen LogP contribution < -0.4 is 5.73 Å². The van der Waals surface area contributed by atoms with Gasteiger partial charge >= 0.3 is 0 Å². The smallest absolute Gasteiger partial charge is 0.196 e. The first-order valence-electron chi connectivity index (χ1n) is 5.73. The fourth-order valence-corrected chi connectivity index (χ4v) is 1.85. The van der Waals surface area contributed by atoms with Gasteiger partial charge in [-0.25, -0.2) is 0 Å². The third-order valence-electron chi connectivity index (χ3n) is 3.00. The minimum Gasteiger partial charge on any atom is -0.398 e. The molecule has 0 aliphatic heterocycles. The first kappa shape index (κ1) is 12.3. The van der Waals surface area contributed by atoms with Crippen molar-refractivity contribution in [3.8, 4) is 0 Å². The van der Waals surface area contributed by atoms with Crippen LogP contribution >= 0.6 is 0 Å². The van der Waals surface area contributed by atoms with Crippen molar-refractivity contribution in [2.24, 2.45) is 0 Å². The number of nitrogens with two attached hydrogens (primary N) is 1. The Labute approximate surface area is 106 Å². The largest absolute Gasteiger partial charge is 0.398 e. The van der Waals surface area contributed by atoms with Crippen molar-refractivity contribution in [1.29, 1.82) is 0 Å². The zero-order valence-electron chi connectivity index (χ0n) is 10.1. The van der Waals surface area contributed by atoms with Crippen molar-refractivity contribution < 1.29 is 9.90 Å². The van der Waals surface area contributed by atoms with Crippen LogP contribution in [-0.2, 0) is 0 Å². The lowest BCUT2D eigenvalue weighted by Gasteiger charge is -2.12. The van der Waals surface area contributed by atoms with Gasteiger partial charge in [0.15, 0.2) is 5.78 Å². The normalized spacial score (nSPS) is 12.1. The molecule has 0 aliphatic carbocycles. The van der Waals surface area contributed by atoms with Crippen molar-refractivity contribution >= 4 is 11.5 Å². The summed E-state index contributed by atoms with van der Waals surface area (Å²) in [5.41, 5.74) is 8.08. The molecule has 3 nitrogen and oxygen atoms in total. The SMILES string of the molecule is Cc1c(N)cccc1C(=O)C(O)c1ccccc1. The maximum Gasteiger partial charge on any atom is 0.196 e. The van der Waals surface area contributed by atoms with E-state index in [-0.39, 0.29) is 5.78 Å². The minimum atomic E-state index is -1.15. The van der Waals surface area contributed by atoms with Gasteiger partial charge in [-0.1, -0.05) is 42.5 Å². The van der Waals surface area contributed by atoms with Crippen molar-refractivity contribution in [2.45, 2.75) is 13.0 Å². The van der Waals surface area contributed by atoms with Gasteiger partial charge in [0.1, 0.15) is 6.10 Å². The molecular weight excluding hydrogens is 226 g/mol. The Hall–Kier alpha value is -2.13. The molecule has 1 unspecified atom stereocenters. The van der Waals surface area contributed by atoms with Crippen molar-refractivity contribution in [2.75, 3.05) is 5.73 Å². The minimum absolute atomic E-state index is 0.328. The van der Waals surface area contributed by atoms with Crippen LogP contribution in [0.25, 0.3) is 0 Å². The number of carbonyl (C=O) groups is 1. The Morgan fingerprint density at radius 3 is 2.44 bits per heavy atom. The summed E-state index contributed by atoms with van der Waals surface area (Å²) in [6.07, 6.45) is -1.15. The number of aliphatic hydroxyl groups excluding tert-OH is 1. The summed E-state index contributed by atoms with van der Waals surface area (Å²) >= 11 is 0. The highest BCUT2D eigenvalue weighted by Gasteiger charge is 2.20. The van der Waals surface area contributed by atoms with Crippen LogP contribution in [0.15, 0.2) is 48.5 Å². The van der Waals surface area contributed by atoms with Gasteiger partial charge in [-0.15, -0.1) is 0 Å². The molecule has 0 amide bonds. The number of rotatable bonds is 3. The molecule has 2 aromatic carbocycles. The van der Waals surface area contributed by atoms with Gasteiger partial charge in [0, 0.05) is 11.3 Å². The van der Waals surface area contributed by atoms with E-state index in [9.17, 15) is 9.90 Å². The lowest BCUT2D eigenvalue weighted by molar-refractivity contribution is 0.0747. The predicted octanol–water partition coefficient (Wildman–Crippen LogP) is 2.49. The quantitative estimate of drug-likeness (QED) is 0.641.